The highest BCUT2D eigenvalue weighted by molar-refractivity contribution is 9.10. The van der Waals surface area contributed by atoms with E-state index >= 15 is 0 Å². The van der Waals surface area contributed by atoms with Gasteiger partial charge in [0.2, 0.25) is 17.6 Å². The first-order valence-electron chi connectivity index (χ1n) is 11.9. The number of ketones is 1. The van der Waals surface area contributed by atoms with Crippen LogP contribution in [-0.4, -0.2) is 39.8 Å². The van der Waals surface area contributed by atoms with Crippen LogP contribution in [0.25, 0.3) is 11.4 Å². The quantitative estimate of drug-likeness (QED) is 0.305. The molecule has 0 unspecified atom stereocenters. The molecule has 36 heavy (non-hydrogen) atoms. The summed E-state index contributed by atoms with van der Waals surface area (Å²) in [5, 5.41) is 7.09. The highest BCUT2D eigenvalue weighted by Crippen LogP contribution is 2.25. The molecule has 1 amide bonds. The predicted octanol–water partition coefficient (Wildman–Crippen LogP) is 5.58. The normalized spacial score (nSPS) is 14.5. The molecule has 7 nitrogen and oxygen atoms in total. The summed E-state index contributed by atoms with van der Waals surface area (Å²) in [5.74, 6) is 0.837. The van der Waals surface area contributed by atoms with Crippen molar-refractivity contribution >= 4 is 33.3 Å². The Bertz CT molecular complexity index is 1350. The fourth-order valence-electron chi connectivity index (χ4n) is 4.35. The largest absolute Gasteiger partial charge is 0.338 e. The van der Waals surface area contributed by atoms with Crippen molar-refractivity contribution in [2.75, 3.05) is 18.4 Å². The minimum atomic E-state index is -0.123. The van der Waals surface area contributed by atoms with Gasteiger partial charge in [0.1, 0.15) is 0 Å². The van der Waals surface area contributed by atoms with Crippen LogP contribution in [0.3, 0.4) is 0 Å². The number of hydrogen-bond donors (Lipinski definition) is 1. The molecule has 8 heteroatoms. The Kier molecular flexibility index (Phi) is 7.34. The Labute approximate surface area is 217 Å². The average molecular weight is 545 g/mol. The summed E-state index contributed by atoms with van der Waals surface area (Å²) in [6, 6.07) is 24.0. The Morgan fingerprint density at radius 1 is 0.944 bits per heavy atom. The second-order valence-corrected chi connectivity index (χ2v) is 9.71. The third kappa shape index (κ3) is 5.61. The standard InChI is InChI=1S/C28H25BrN4O3/c29-22-12-10-20(11-13-22)27-31-25(36-32-27)18-33-16-14-21(15-17-33)28(35)30-24-9-5-4-8-23(24)26(34)19-6-2-1-3-7-19/h1-13,21H,14-18H2,(H,30,35). The minimum absolute atomic E-state index is 0.0572. The van der Waals surface area contributed by atoms with Crippen LogP contribution < -0.4 is 5.32 Å². The lowest BCUT2D eigenvalue weighted by Crippen LogP contribution is -2.38. The lowest BCUT2D eigenvalue weighted by Gasteiger charge is -2.30. The number of nitrogens with zero attached hydrogens (tertiary/aromatic N) is 3. The van der Waals surface area contributed by atoms with E-state index in [1.807, 2.05) is 54.6 Å². The van der Waals surface area contributed by atoms with Gasteiger partial charge in [0, 0.05) is 27.1 Å². The summed E-state index contributed by atoms with van der Waals surface area (Å²) in [7, 11) is 0. The van der Waals surface area contributed by atoms with E-state index in [1.165, 1.54) is 0 Å². The molecule has 0 radical (unpaired) electrons. The number of carbonyl (C=O) groups is 2. The molecule has 0 saturated carbocycles. The fourth-order valence-corrected chi connectivity index (χ4v) is 4.61. The van der Waals surface area contributed by atoms with Gasteiger partial charge in [0.15, 0.2) is 5.78 Å². The van der Waals surface area contributed by atoms with Crippen molar-refractivity contribution in [3.63, 3.8) is 0 Å². The molecule has 5 rings (SSSR count). The van der Waals surface area contributed by atoms with Gasteiger partial charge in [-0.15, -0.1) is 0 Å². The number of anilines is 1. The maximum absolute atomic E-state index is 13.0. The molecule has 0 bridgehead atoms. The zero-order valence-electron chi connectivity index (χ0n) is 19.6. The summed E-state index contributed by atoms with van der Waals surface area (Å²) in [5.41, 5.74) is 2.53. The Morgan fingerprint density at radius 2 is 1.64 bits per heavy atom. The molecular weight excluding hydrogens is 520 g/mol. The summed E-state index contributed by atoms with van der Waals surface area (Å²) in [6.45, 7) is 2.05. The third-order valence-electron chi connectivity index (χ3n) is 6.35. The first-order chi connectivity index (χ1) is 17.6. The van der Waals surface area contributed by atoms with E-state index in [1.54, 1.807) is 24.3 Å². The maximum Gasteiger partial charge on any atom is 0.241 e. The van der Waals surface area contributed by atoms with Crippen LogP contribution in [0.5, 0.6) is 0 Å². The molecule has 2 heterocycles. The van der Waals surface area contributed by atoms with Crippen molar-refractivity contribution < 1.29 is 14.1 Å². The monoisotopic (exact) mass is 544 g/mol. The highest BCUT2D eigenvalue weighted by Gasteiger charge is 2.27. The lowest BCUT2D eigenvalue weighted by atomic mass is 9.95. The molecule has 4 aromatic rings. The number of aromatic nitrogens is 2. The van der Waals surface area contributed by atoms with E-state index in [2.05, 4.69) is 36.3 Å². The number of nitrogens with one attached hydrogen (secondary N) is 1. The van der Waals surface area contributed by atoms with Crippen LogP contribution in [0.4, 0.5) is 5.69 Å². The molecule has 1 N–H and O–H groups in total. The van der Waals surface area contributed by atoms with Crippen molar-refractivity contribution in [1.82, 2.24) is 15.0 Å². The number of likely N-dealkylation sites (tertiary alicyclic amines) is 1. The predicted molar refractivity (Wildman–Crippen MR) is 140 cm³/mol. The van der Waals surface area contributed by atoms with Crippen molar-refractivity contribution in [3.8, 4) is 11.4 Å². The second-order valence-electron chi connectivity index (χ2n) is 8.80. The van der Waals surface area contributed by atoms with Crippen LogP contribution in [0.2, 0.25) is 0 Å². The van der Waals surface area contributed by atoms with E-state index < -0.39 is 0 Å². The molecule has 182 valence electrons. The van der Waals surface area contributed by atoms with Gasteiger partial charge in [-0.05, 0) is 62.3 Å². The highest BCUT2D eigenvalue weighted by atomic mass is 79.9. The molecule has 1 aromatic heterocycles. The third-order valence-corrected chi connectivity index (χ3v) is 6.88. The maximum atomic E-state index is 13.0. The second kappa shape index (κ2) is 11.0. The van der Waals surface area contributed by atoms with Gasteiger partial charge in [0.25, 0.3) is 0 Å². The van der Waals surface area contributed by atoms with E-state index in [9.17, 15) is 9.59 Å². The number of halogens is 1. The zero-order valence-corrected chi connectivity index (χ0v) is 21.1. The van der Waals surface area contributed by atoms with E-state index in [0.717, 1.165) is 23.1 Å². The van der Waals surface area contributed by atoms with Gasteiger partial charge in [0.05, 0.1) is 12.2 Å². The lowest BCUT2D eigenvalue weighted by molar-refractivity contribution is -0.121. The molecule has 0 atom stereocenters. The van der Waals surface area contributed by atoms with E-state index in [4.69, 9.17) is 4.52 Å². The molecule has 1 aliphatic heterocycles. The molecule has 0 spiro atoms. The van der Waals surface area contributed by atoms with Gasteiger partial charge in [-0.25, -0.2) is 0 Å². The van der Waals surface area contributed by atoms with Crippen LogP contribution in [-0.2, 0) is 11.3 Å². The van der Waals surface area contributed by atoms with Crippen LogP contribution >= 0.6 is 15.9 Å². The van der Waals surface area contributed by atoms with Crippen molar-refractivity contribution in [3.05, 3.63) is 100 Å². The van der Waals surface area contributed by atoms with E-state index in [-0.39, 0.29) is 17.6 Å². The SMILES string of the molecule is O=C(c1ccccc1)c1ccccc1NC(=O)C1CCN(Cc2nc(-c3ccc(Br)cc3)no2)CC1. The van der Waals surface area contributed by atoms with Gasteiger partial charge >= 0.3 is 0 Å². The van der Waals surface area contributed by atoms with E-state index in [0.29, 0.717) is 47.9 Å². The summed E-state index contributed by atoms with van der Waals surface area (Å²) in [6.07, 6.45) is 1.43. The molecule has 0 aliphatic carbocycles. The van der Waals surface area contributed by atoms with Crippen LogP contribution in [0.15, 0.2) is 87.9 Å². The van der Waals surface area contributed by atoms with Gasteiger partial charge in [-0.1, -0.05) is 63.6 Å². The van der Waals surface area contributed by atoms with Crippen molar-refractivity contribution in [1.29, 1.82) is 0 Å². The number of rotatable bonds is 7. The molecular formula is C28H25BrN4O3. The zero-order chi connectivity index (χ0) is 24.9. The Balaban J connectivity index is 1.17. The number of amides is 1. The van der Waals surface area contributed by atoms with Crippen molar-refractivity contribution in [2.24, 2.45) is 5.92 Å². The molecule has 3 aromatic carbocycles. The van der Waals surface area contributed by atoms with Gasteiger partial charge in [-0.3, -0.25) is 14.5 Å². The Morgan fingerprint density at radius 3 is 2.39 bits per heavy atom. The van der Waals surface area contributed by atoms with Gasteiger partial charge < -0.3 is 9.84 Å². The average Bonchev–Trinajstić information content (AvgIpc) is 3.38. The van der Waals surface area contributed by atoms with Gasteiger partial charge in [-0.2, -0.15) is 4.98 Å². The first-order valence-corrected chi connectivity index (χ1v) is 12.7. The van der Waals surface area contributed by atoms with Crippen LogP contribution in [0, 0.1) is 5.92 Å². The number of hydrogen-bond acceptors (Lipinski definition) is 6. The molecule has 1 fully saturated rings. The summed E-state index contributed by atoms with van der Waals surface area (Å²) < 4.78 is 6.45. The van der Waals surface area contributed by atoms with Crippen LogP contribution in [0.1, 0.15) is 34.7 Å². The molecule has 1 saturated heterocycles. The molecule has 1 aliphatic rings. The number of para-hydroxylation sites is 1. The fraction of sp³-hybridized carbons (Fsp3) is 0.214. The number of carbonyl (C=O) groups excluding carboxylic acids is 2. The summed E-state index contributed by atoms with van der Waals surface area (Å²) >= 11 is 3.43. The van der Waals surface area contributed by atoms with Crippen molar-refractivity contribution in [2.45, 2.75) is 19.4 Å². The number of benzene rings is 3. The number of piperidine rings is 1. The minimum Gasteiger partial charge on any atom is -0.338 e. The smallest absolute Gasteiger partial charge is 0.241 e. The first kappa shape index (κ1) is 24.1. The topological polar surface area (TPSA) is 88.3 Å². The summed E-state index contributed by atoms with van der Waals surface area (Å²) in [4.78, 5) is 32.7. The Hall–Kier alpha value is -3.62.